The topological polar surface area (TPSA) is 172 Å². The summed E-state index contributed by atoms with van der Waals surface area (Å²) < 4.78 is 10.8. The molecule has 12 nitrogen and oxygen atoms in total. The van der Waals surface area contributed by atoms with Crippen molar-refractivity contribution in [1.82, 2.24) is 21.3 Å². The van der Waals surface area contributed by atoms with Crippen LogP contribution in [-0.4, -0.2) is 72.0 Å². The van der Waals surface area contributed by atoms with Gasteiger partial charge in [-0.25, -0.2) is 14.4 Å². The van der Waals surface area contributed by atoms with Crippen LogP contribution < -0.4 is 21.3 Å². The number of aliphatic carboxylic acids is 1. The molecule has 0 bridgehead atoms. The number of carbonyl (C=O) groups is 5. The fourth-order valence-corrected chi connectivity index (χ4v) is 5.75. The van der Waals surface area contributed by atoms with Crippen LogP contribution in [-0.2, 0) is 30.3 Å². The highest BCUT2D eigenvalue weighted by atomic mass is 16.6. The number of ether oxygens (including phenoxy) is 2. The van der Waals surface area contributed by atoms with Gasteiger partial charge in [-0.1, -0.05) is 78.9 Å². The van der Waals surface area contributed by atoms with Gasteiger partial charge in [0.15, 0.2) is 0 Å². The average molecular weight is 687 g/mol. The van der Waals surface area contributed by atoms with E-state index in [1.165, 1.54) is 6.92 Å². The lowest BCUT2D eigenvalue weighted by atomic mass is 9.98. The number of hydrogen-bond donors (Lipinski definition) is 5. The van der Waals surface area contributed by atoms with Gasteiger partial charge in [0.05, 0.1) is 0 Å². The third-order valence-electron chi connectivity index (χ3n) is 8.19. The van der Waals surface area contributed by atoms with Crippen LogP contribution >= 0.6 is 0 Å². The zero-order chi connectivity index (χ0) is 36.3. The third-order valence-corrected chi connectivity index (χ3v) is 8.19. The van der Waals surface area contributed by atoms with Crippen molar-refractivity contribution in [3.63, 3.8) is 0 Å². The van der Waals surface area contributed by atoms with Gasteiger partial charge in [-0.05, 0) is 74.8 Å². The Morgan fingerprint density at radius 1 is 0.740 bits per heavy atom. The molecule has 0 fully saturated rings. The first-order valence-corrected chi connectivity index (χ1v) is 16.8. The molecule has 0 spiro atoms. The maximum absolute atomic E-state index is 13.4. The van der Waals surface area contributed by atoms with Crippen molar-refractivity contribution in [2.45, 2.75) is 83.0 Å². The van der Waals surface area contributed by atoms with E-state index < -0.39 is 53.7 Å². The number of hydrogen-bond acceptors (Lipinski definition) is 7. The van der Waals surface area contributed by atoms with Gasteiger partial charge in [-0.3, -0.25) is 9.59 Å². The Kier molecular flexibility index (Phi) is 13.0. The molecule has 12 heteroatoms. The Bertz CT molecular complexity index is 1610. The maximum Gasteiger partial charge on any atom is 0.407 e. The molecule has 0 unspecified atom stereocenters. The van der Waals surface area contributed by atoms with Crippen LogP contribution in [0.5, 0.6) is 0 Å². The summed E-state index contributed by atoms with van der Waals surface area (Å²) in [6.45, 7) is 7.07. The monoisotopic (exact) mass is 686 g/mol. The predicted octanol–water partition coefficient (Wildman–Crippen LogP) is 4.91. The number of fused-ring (bicyclic) bond motifs is 3. The van der Waals surface area contributed by atoms with Crippen LogP contribution in [0.3, 0.4) is 0 Å². The zero-order valence-corrected chi connectivity index (χ0v) is 28.9. The van der Waals surface area contributed by atoms with E-state index in [1.807, 2.05) is 54.6 Å². The van der Waals surface area contributed by atoms with Crippen LogP contribution in [0.15, 0.2) is 78.9 Å². The summed E-state index contributed by atoms with van der Waals surface area (Å²) in [4.78, 5) is 63.4. The lowest BCUT2D eigenvalue weighted by molar-refractivity contribution is -0.142. The fourth-order valence-electron chi connectivity index (χ4n) is 5.75. The van der Waals surface area contributed by atoms with Gasteiger partial charge < -0.3 is 35.8 Å². The van der Waals surface area contributed by atoms with E-state index in [1.54, 1.807) is 45.0 Å². The normalized spacial score (nSPS) is 13.8. The minimum Gasteiger partial charge on any atom is -0.480 e. The summed E-state index contributed by atoms with van der Waals surface area (Å²) >= 11 is 0. The molecule has 0 aliphatic heterocycles. The highest BCUT2D eigenvalue weighted by molar-refractivity contribution is 5.93. The second-order valence-electron chi connectivity index (χ2n) is 13.3. The van der Waals surface area contributed by atoms with Crippen LogP contribution in [0.25, 0.3) is 11.1 Å². The molecule has 3 aromatic rings. The zero-order valence-electron chi connectivity index (χ0n) is 28.9. The molecule has 3 aromatic carbocycles. The summed E-state index contributed by atoms with van der Waals surface area (Å²) in [7, 11) is 0. The fraction of sp³-hybridized carbons (Fsp3) is 0.395. The second-order valence-corrected chi connectivity index (χ2v) is 13.3. The molecule has 3 atom stereocenters. The van der Waals surface area contributed by atoms with Crippen molar-refractivity contribution >= 4 is 30.0 Å². The average Bonchev–Trinajstić information content (AvgIpc) is 3.39. The van der Waals surface area contributed by atoms with Gasteiger partial charge in [0, 0.05) is 18.9 Å². The highest BCUT2D eigenvalue weighted by Gasteiger charge is 2.31. The molecule has 50 heavy (non-hydrogen) atoms. The molecule has 266 valence electrons. The first kappa shape index (κ1) is 37.4. The maximum atomic E-state index is 13.4. The van der Waals surface area contributed by atoms with E-state index in [-0.39, 0.29) is 31.9 Å². The van der Waals surface area contributed by atoms with Crippen molar-refractivity contribution in [3.8, 4) is 11.1 Å². The Morgan fingerprint density at radius 2 is 1.32 bits per heavy atom. The van der Waals surface area contributed by atoms with E-state index in [4.69, 9.17) is 9.47 Å². The summed E-state index contributed by atoms with van der Waals surface area (Å²) in [6, 6.07) is 21.5. The van der Waals surface area contributed by atoms with Crippen molar-refractivity contribution in [1.29, 1.82) is 0 Å². The largest absolute Gasteiger partial charge is 0.480 e. The lowest BCUT2D eigenvalue weighted by Crippen LogP contribution is -2.55. The number of carboxylic acids is 1. The number of carbonyl (C=O) groups excluding carboxylic acids is 4. The summed E-state index contributed by atoms with van der Waals surface area (Å²) in [5.74, 6) is -2.71. The Labute approximate surface area is 292 Å². The molecule has 1 aliphatic rings. The van der Waals surface area contributed by atoms with Gasteiger partial charge in [-0.15, -0.1) is 0 Å². The van der Waals surface area contributed by atoms with Crippen molar-refractivity contribution in [3.05, 3.63) is 95.6 Å². The summed E-state index contributed by atoms with van der Waals surface area (Å²) in [6.07, 6.45) is -0.315. The molecular weight excluding hydrogens is 640 g/mol. The molecule has 5 N–H and O–H groups in total. The number of amides is 4. The summed E-state index contributed by atoms with van der Waals surface area (Å²) in [5, 5.41) is 20.2. The Morgan fingerprint density at radius 3 is 1.92 bits per heavy atom. The van der Waals surface area contributed by atoms with Crippen molar-refractivity contribution < 1.29 is 38.6 Å². The molecule has 4 amide bonds. The van der Waals surface area contributed by atoms with Gasteiger partial charge >= 0.3 is 18.2 Å². The van der Waals surface area contributed by atoms with E-state index in [0.717, 1.165) is 27.8 Å². The minimum absolute atomic E-state index is 0.0703. The quantitative estimate of drug-likeness (QED) is 0.140. The first-order chi connectivity index (χ1) is 23.8. The number of carboxylic acid groups (broad SMARTS) is 1. The third kappa shape index (κ3) is 10.8. The summed E-state index contributed by atoms with van der Waals surface area (Å²) in [5.41, 5.74) is 4.39. The van der Waals surface area contributed by atoms with Crippen LogP contribution in [0.1, 0.15) is 69.6 Å². The number of benzene rings is 3. The SMILES string of the molecule is C[C@@H](NC(=O)OCC1c2ccccc2-c2ccccc21)C(=O)N[C@@H](Cc1ccccc1)C(=O)N[C@@H](CCCCNC(=O)OC(C)(C)C)C(=O)O. The van der Waals surface area contributed by atoms with Crippen LogP contribution in [0.2, 0.25) is 0 Å². The lowest BCUT2D eigenvalue weighted by Gasteiger charge is -2.23. The minimum atomic E-state index is -1.23. The van der Waals surface area contributed by atoms with Crippen molar-refractivity contribution in [2.24, 2.45) is 0 Å². The van der Waals surface area contributed by atoms with Crippen LogP contribution in [0.4, 0.5) is 9.59 Å². The molecule has 1 aliphatic carbocycles. The first-order valence-electron chi connectivity index (χ1n) is 16.8. The number of unbranched alkanes of at least 4 members (excludes halogenated alkanes) is 1. The molecule has 0 saturated carbocycles. The van der Waals surface area contributed by atoms with E-state index in [9.17, 15) is 29.1 Å². The highest BCUT2D eigenvalue weighted by Crippen LogP contribution is 2.44. The number of rotatable bonds is 15. The van der Waals surface area contributed by atoms with E-state index in [2.05, 4.69) is 21.3 Å². The Hall–Kier alpha value is -5.39. The molecule has 0 heterocycles. The Balaban J connectivity index is 1.31. The molecule has 0 radical (unpaired) electrons. The predicted molar refractivity (Wildman–Crippen MR) is 187 cm³/mol. The molecule has 4 rings (SSSR count). The van der Waals surface area contributed by atoms with Gasteiger partial charge in [0.25, 0.3) is 0 Å². The molecule has 0 aromatic heterocycles. The van der Waals surface area contributed by atoms with E-state index >= 15 is 0 Å². The second kappa shape index (κ2) is 17.3. The smallest absolute Gasteiger partial charge is 0.407 e. The number of alkyl carbamates (subject to hydrolysis) is 2. The molecular formula is C38H46N4O8. The molecule has 0 saturated heterocycles. The van der Waals surface area contributed by atoms with Gasteiger partial charge in [0.1, 0.15) is 30.3 Å². The van der Waals surface area contributed by atoms with Crippen molar-refractivity contribution in [2.75, 3.05) is 13.2 Å². The van der Waals surface area contributed by atoms with Crippen LogP contribution in [0, 0.1) is 0 Å². The van der Waals surface area contributed by atoms with E-state index in [0.29, 0.717) is 12.8 Å². The van der Waals surface area contributed by atoms with Gasteiger partial charge in [-0.2, -0.15) is 0 Å². The van der Waals surface area contributed by atoms with Gasteiger partial charge in [0.2, 0.25) is 11.8 Å². The standard InChI is InChI=1S/C38H46N4O8/c1-24(40-37(48)49-23-30-28-18-10-8-16-26(28)27-17-9-11-19-29(27)30)33(43)42-32(22-25-14-6-5-7-15-25)34(44)41-31(35(45)46)20-12-13-21-39-36(47)50-38(2,3)4/h5-11,14-19,24,30-32H,12-13,20-23H2,1-4H3,(H,39,47)(H,40,48)(H,41,44)(H,42,43)(H,45,46)/t24-,31+,32+/m1/s1. The number of nitrogens with one attached hydrogen (secondary N) is 4.